The largest absolute Gasteiger partial charge is 0.456 e. The number of benzene rings is 11. The summed E-state index contributed by atoms with van der Waals surface area (Å²) in [6.45, 7) is 0. The maximum Gasteiger partial charge on any atom is 0.135 e. The summed E-state index contributed by atoms with van der Waals surface area (Å²) in [5, 5.41) is 6.24. The summed E-state index contributed by atoms with van der Waals surface area (Å²) >= 11 is 0. The van der Waals surface area contributed by atoms with Crippen molar-refractivity contribution in [2.45, 2.75) is 0 Å². The van der Waals surface area contributed by atoms with E-state index in [1.807, 2.05) is 103 Å². The summed E-state index contributed by atoms with van der Waals surface area (Å²) < 4.78 is 121. The second-order valence-corrected chi connectivity index (χ2v) is 14.2. The molecule has 1 heterocycles. The molecular formula is C56H34O. The first-order valence-electron chi connectivity index (χ1n) is 25.1. The van der Waals surface area contributed by atoms with E-state index in [9.17, 15) is 4.11 Å². The van der Waals surface area contributed by atoms with Gasteiger partial charge in [0.1, 0.15) is 11.5 Å². The third-order valence-electron chi connectivity index (χ3n) is 11.1. The van der Waals surface area contributed by atoms with Gasteiger partial charge in [0.05, 0.1) is 17.8 Å². The van der Waals surface area contributed by atoms with Crippen molar-refractivity contribution in [1.29, 1.82) is 0 Å². The van der Waals surface area contributed by atoms with Crippen LogP contribution in [0.25, 0.3) is 110 Å². The van der Waals surface area contributed by atoms with E-state index in [1.165, 1.54) is 0 Å². The molecule has 11 aromatic rings. The summed E-state index contributed by atoms with van der Waals surface area (Å²) in [6, 6.07) is 35.3. The van der Waals surface area contributed by atoms with Crippen LogP contribution in [0.5, 0.6) is 11.5 Å². The van der Waals surface area contributed by atoms with Crippen molar-refractivity contribution >= 4 is 43.1 Å². The Morgan fingerprint density at radius 1 is 0.316 bits per heavy atom. The van der Waals surface area contributed by atoms with Crippen molar-refractivity contribution in [2.24, 2.45) is 0 Å². The SMILES string of the molecule is [2H]c1c([2H])c([2H])c(-c2ccc3c(c2)Oc2ccc(-c4c([2H])c(-c5ccccc5)c([2H])c(-c5ccc6ccc7c(-c8c([2H])c([2H])c([2H])c([2H])c8[2H])ccc8ccc5c6c87)c4[2H])c4cccc-3c24)c([2H])c1[2H]. The highest BCUT2D eigenvalue weighted by Crippen LogP contribution is 2.50. The highest BCUT2D eigenvalue weighted by atomic mass is 16.5. The molecule has 264 valence electrons. The number of hydrogen-bond donors (Lipinski definition) is 0. The first-order chi connectivity index (χ1) is 33.7. The first kappa shape index (κ1) is 21.6. The van der Waals surface area contributed by atoms with Gasteiger partial charge in [-0.2, -0.15) is 0 Å². The lowest BCUT2D eigenvalue weighted by Crippen LogP contribution is -1.98. The van der Waals surface area contributed by atoms with Crippen LogP contribution in [-0.4, -0.2) is 0 Å². The Morgan fingerprint density at radius 2 is 0.877 bits per heavy atom. The molecule has 57 heavy (non-hydrogen) atoms. The normalized spacial score (nSPS) is 15.2. The Labute approximate surface area is 349 Å². The molecule has 1 aliphatic heterocycles. The average Bonchev–Trinajstić information content (AvgIpc) is 3.37. The van der Waals surface area contributed by atoms with Gasteiger partial charge in [-0.25, -0.2) is 0 Å². The highest BCUT2D eigenvalue weighted by Gasteiger charge is 2.23. The van der Waals surface area contributed by atoms with Gasteiger partial charge in [-0.1, -0.05) is 170 Å². The fourth-order valence-electron chi connectivity index (χ4n) is 8.51. The summed E-state index contributed by atoms with van der Waals surface area (Å²) in [6.07, 6.45) is 0. The van der Waals surface area contributed by atoms with Gasteiger partial charge in [-0.05, 0) is 135 Å². The molecule has 1 aliphatic rings. The lowest BCUT2D eigenvalue weighted by atomic mass is 9.85. The molecule has 0 fully saturated rings. The van der Waals surface area contributed by atoms with Crippen molar-refractivity contribution in [1.82, 2.24) is 0 Å². The lowest BCUT2D eigenvalue weighted by Gasteiger charge is -2.23. The fraction of sp³-hybridized carbons (Fsp3) is 0. The predicted octanol–water partition coefficient (Wildman–Crippen LogP) is 15.8. The van der Waals surface area contributed by atoms with Crippen LogP contribution < -0.4 is 4.74 Å². The van der Waals surface area contributed by atoms with Gasteiger partial charge in [-0.3, -0.25) is 0 Å². The minimum Gasteiger partial charge on any atom is -0.456 e. The van der Waals surface area contributed by atoms with Crippen molar-refractivity contribution in [3.8, 4) is 78.3 Å². The Balaban J connectivity index is 1.09. The Morgan fingerprint density at radius 3 is 1.56 bits per heavy atom. The van der Waals surface area contributed by atoms with Crippen molar-refractivity contribution in [2.75, 3.05) is 0 Å². The van der Waals surface area contributed by atoms with Crippen LogP contribution in [0.3, 0.4) is 0 Å². The Kier molecular flexibility index (Phi) is 4.74. The molecule has 12 rings (SSSR count). The molecule has 1 heteroatoms. The van der Waals surface area contributed by atoms with Gasteiger partial charge in [-0.15, -0.1) is 0 Å². The summed E-state index contributed by atoms with van der Waals surface area (Å²) in [5.41, 5.74) is 5.35. The van der Waals surface area contributed by atoms with Gasteiger partial charge in [0.15, 0.2) is 0 Å². The average molecular weight is 736 g/mol. The molecule has 1 nitrogen and oxygen atoms in total. The van der Waals surface area contributed by atoms with Gasteiger partial charge in [0, 0.05) is 10.9 Å². The maximum absolute atomic E-state index is 10.2. The van der Waals surface area contributed by atoms with Gasteiger partial charge in [0.2, 0.25) is 0 Å². The molecule has 0 unspecified atom stereocenters. The van der Waals surface area contributed by atoms with Crippen LogP contribution in [0.15, 0.2) is 206 Å². The van der Waals surface area contributed by atoms with Gasteiger partial charge < -0.3 is 4.74 Å². The molecule has 0 aromatic heterocycles. The highest BCUT2D eigenvalue weighted by molar-refractivity contribution is 6.27. The van der Waals surface area contributed by atoms with E-state index in [2.05, 4.69) is 0 Å². The maximum atomic E-state index is 10.2. The zero-order valence-electron chi connectivity index (χ0n) is 43.0. The molecule has 11 aromatic carbocycles. The van der Waals surface area contributed by atoms with Crippen molar-refractivity contribution in [3.05, 3.63) is 206 Å². The summed E-state index contributed by atoms with van der Waals surface area (Å²) in [7, 11) is 0. The first-order valence-corrected chi connectivity index (χ1v) is 18.6. The molecule has 0 aliphatic carbocycles. The molecule has 0 radical (unpaired) electrons. The number of ether oxygens (including phenoxy) is 1. The molecule has 0 N–H and O–H groups in total. The molecule has 0 saturated heterocycles. The number of rotatable bonds is 5. The van der Waals surface area contributed by atoms with Gasteiger partial charge >= 0.3 is 0 Å². The molecule has 0 amide bonds. The third kappa shape index (κ3) is 5.03. The molecular weight excluding hydrogens is 689 g/mol. The van der Waals surface area contributed by atoms with Crippen LogP contribution in [0, 0.1) is 0 Å². The molecule has 0 bridgehead atoms. The van der Waals surface area contributed by atoms with Crippen LogP contribution in [0.1, 0.15) is 17.8 Å². The topological polar surface area (TPSA) is 9.23 Å². The zero-order chi connectivity index (χ0) is 48.8. The monoisotopic (exact) mass is 735 g/mol. The quantitative estimate of drug-likeness (QED) is 0.160. The summed E-state index contributed by atoms with van der Waals surface area (Å²) in [4.78, 5) is 0. The lowest BCUT2D eigenvalue weighted by molar-refractivity contribution is 0.487. The second-order valence-electron chi connectivity index (χ2n) is 14.2. The number of hydrogen-bond acceptors (Lipinski definition) is 1. The van der Waals surface area contributed by atoms with Crippen LogP contribution in [-0.2, 0) is 0 Å². The van der Waals surface area contributed by atoms with Crippen LogP contribution in [0.4, 0.5) is 0 Å². The van der Waals surface area contributed by atoms with E-state index >= 15 is 0 Å². The smallest absolute Gasteiger partial charge is 0.135 e. The third-order valence-corrected chi connectivity index (χ3v) is 11.1. The van der Waals surface area contributed by atoms with E-state index in [4.69, 9.17) is 18.4 Å². The zero-order valence-corrected chi connectivity index (χ0v) is 30.0. The standard InChI is InChI=1S/C56H34O/c1-4-11-35(12-5-1)40-23-26-47-49-18-10-17-48-46(29-30-52(56(48)49)57-53(47)34-40)43-32-41(36-13-6-2-7-14-36)31-42(33-43)45-25-20-39-21-27-50-44(37-15-8-3-9-16-37)24-19-38-22-28-51(45)55(39)54(38)50/h1-34H/i1D,3D,4D,5D,8D,9D,11D,12D,15D,16D,31D,32D,33D. The second kappa shape index (κ2) is 12.5. The number of fused-ring (bicyclic) bond motifs is 2. The van der Waals surface area contributed by atoms with E-state index in [1.54, 1.807) is 24.3 Å². The minimum absolute atomic E-state index is 0.00650. The molecule has 0 spiro atoms. The summed E-state index contributed by atoms with van der Waals surface area (Å²) in [5.74, 6) is 0.926. The minimum atomic E-state index is -0.473. The van der Waals surface area contributed by atoms with Crippen LogP contribution in [0.2, 0.25) is 0 Å². The predicted molar refractivity (Wildman–Crippen MR) is 240 cm³/mol. The Bertz CT molecular complexity index is 4070. The Hall–Kier alpha value is -7.48. The van der Waals surface area contributed by atoms with E-state index in [-0.39, 0.29) is 53.4 Å². The fourth-order valence-corrected chi connectivity index (χ4v) is 8.51. The van der Waals surface area contributed by atoms with Crippen molar-refractivity contribution < 1.29 is 22.6 Å². The van der Waals surface area contributed by atoms with Gasteiger partial charge in [0.25, 0.3) is 0 Å². The van der Waals surface area contributed by atoms with E-state index < -0.39 is 36.3 Å². The molecule has 0 atom stereocenters. The van der Waals surface area contributed by atoms with E-state index in [0.29, 0.717) is 72.3 Å². The van der Waals surface area contributed by atoms with E-state index in [0.717, 1.165) is 37.9 Å². The van der Waals surface area contributed by atoms with Crippen molar-refractivity contribution in [3.63, 3.8) is 0 Å². The van der Waals surface area contributed by atoms with Crippen LogP contribution >= 0.6 is 0 Å². The molecule has 0 saturated carbocycles.